The predicted molar refractivity (Wildman–Crippen MR) is 217 cm³/mol. The van der Waals surface area contributed by atoms with Gasteiger partial charge in [-0.2, -0.15) is 0 Å². The molecule has 3 fully saturated rings. The van der Waals surface area contributed by atoms with Crippen LogP contribution in [-0.2, 0) is 28.5 Å². The number of H-pyrrole nitrogens is 2. The second-order valence-electron chi connectivity index (χ2n) is 15.6. The molecule has 7 rings (SSSR count). The van der Waals surface area contributed by atoms with E-state index in [0.29, 0.717) is 18.1 Å². The Morgan fingerprint density at radius 3 is 1.68 bits per heavy atom. The Bertz CT molecular complexity index is 2370. The van der Waals surface area contributed by atoms with E-state index in [9.17, 15) is 19.2 Å². The molecule has 16 nitrogen and oxygen atoms in total. The smallest absolute Gasteiger partial charge is 0.407 e. The fraction of sp³-hybridized carbons (Fsp3) is 0.488. The zero-order chi connectivity index (χ0) is 47.2. The van der Waals surface area contributed by atoms with E-state index < -0.39 is 74.0 Å². The normalized spacial score (nSPS) is 23.9. The molecule has 2 aromatic heterocycles. The van der Waals surface area contributed by atoms with Gasteiger partial charge in [-0.15, -0.1) is 0 Å². The van der Waals surface area contributed by atoms with Crippen LogP contribution in [0.5, 0.6) is 0 Å². The molecule has 3 aliphatic rings. The molecule has 1 spiro atoms. The zero-order valence-corrected chi connectivity index (χ0v) is 33.8. The Hall–Kier alpha value is -5.74. The van der Waals surface area contributed by atoms with Gasteiger partial charge in [0.2, 0.25) is 11.8 Å². The number of nitrogens with one attached hydrogen (secondary N) is 4. The fourth-order valence-corrected chi connectivity index (χ4v) is 7.80. The highest BCUT2D eigenvalue weighted by Gasteiger charge is 2.52. The second kappa shape index (κ2) is 17.6. The first-order valence-corrected chi connectivity index (χ1v) is 19.6. The fourth-order valence-electron chi connectivity index (χ4n) is 7.80. The van der Waals surface area contributed by atoms with Crippen LogP contribution in [0, 0.1) is 11.8 Å². The van der Waals surface area contributed by atoms with Crippen LogP contribution in [0.3, 0.4) is 0 Å². The number of benzene rings is 2. The first-order chi connectivity index (χ1) is 30.6. The van der Waals surface area contributed by atoms with Crippen LogP contribution < -0.4 is 10.6 Å². The highest BCUT2D eigenvalue weighted by atomic mass is 16.7. The van der Waals surface area contributed by atoms with Gasteiger partial charge in [0.25, 0.3) is 0 Å². The van der Waals surface area contributed by atoms with Gasteiger partial charge < -0.3 is 49.3 Å². The molecule has 0 unspecified atom stereocenters. The van der Waals surface area contributed by atoms with Gasteiger partial charge in [0.1, 0.15) is 23.7 Å². The lowest BCUT2D eigenvalue weighted by Gasteiger charge is -2.34. The SMILES string of the molecule is [2H]C1([2H])OC2(C[C@@H](c3ncc(-c4ccc(-c5ccc(-c6cnc([C@@H]7CCCN7C(=O)[C@@H](NC(=O)OC)C(C)C)[nH]6)cc5)cc4)[nH]3)N(C(=O)[C@@H](NC(=O)OC)C(C)C)C2)OC([2H])([2H])C1([2H])[2H]. The molecule has 16 heteroatoms. The number of methoxy groups -OCH3 is 2. The lowest BCUT2D eigenvalue weighted by Crippen LogP contribution is -2.52. The topological polar surface area (TPSA) is 193 Å². The molecule has 4 amide bonds. The maximum absolute atomic E-state index is 14.2. The molecule has 5 heterocycles. The summed E-state index contributed by atoms with van der Waals surface area (Å²) in [5.41, 5.74) is 4.88. The van der Waals surface area contributed by atoms with Crippen molar-refractivity contribution in [1.29, 1.82) is 0 Å². The van der Waals surface area contributed by atoms with Crippen molar-refractivity contribution in [1.82, 2.24) is 40.4 Å². The molecule has 0 aliphatic carbocycles. The van der Waals surface area contributed by atoms with Crippen molar-refractivity contribution in [2.75, 3.05) is 40.4 Å². The number of nitrogens with zero attached hydrogens (tertiary/aromatic N) is 4. The average molecular weight is 817 g/mol. The molecule has 0 bridgehead atoms. The zero-order valence-electron chi connectivity index (χ0n) is 39.8. The minimum Gasteiger partial charge on any atom is -0.453 e. The number of aromatic nitrogens is 4. The predicted octanol–water partition coefficient (Wildman–Crippen LogP) is 5.97. The van der Waals surface area contributed by atoms with Gasteiger partial charge in [-0.3, -0.25) is 9.59 Å². The van der Waals surface area contributed by atoms with Gasteiger partial charge in [0.05, 0.1) is 75.2 Å². The molecular weight excluding hydrogens is 757 g/mol. The van der Waals surface area contributed by atoms with Gasteiger partial charge in [-0.05, 0) is 53.3 Å². The lowest BCUT2D eigenvalue weighted by atomic mass is 10.0. The Balaban J connectivity index is 1.08. The Morgan fingerprint density at radius 1 is 0.746 bits per heavy atom. The minimum absolute atomic E-state index is 0.146. The van der Waals surface area contributed by atoms with Crippen molar-refractivity contribution in [2.24, 2.45) is 11.8 Å². The number of likely N-dealkylation sites (tertiary alicyclic amines) is 2. The minimum atomic E-state index is -3.20. The number of imidazole rings is 2. The Morgan fingerprint density at radius 2 is 1.20 bits per heavy atom. The molecule has 4 atom stereocenters. The highest BCUT2D eigenvalue weighted by Crippen LogP contribution is 2.42. The van der Waals surface area contributed by atoms with Crippen molar-refractivity contribution in [3.63, 3.8) is 0 Å². The monoisotopic (exact) mass is 816 g/mol. The van der Waals surface area contributed by atoms with Crippen LogP contribution in [0.4, 0.5) is 9.59 Å². The van der Waals surface area contributed by atoms with Crippen LogP contribution >= 0.6 is 0 Å². The standard InChI is InChI=1S/C43H54N8O8/c1-25(2)35(48-41(54)56-5)39(52)50-18-7-9-33(50)37-44-22-31(46-37)29-14-10-27(11-15-29)28-12-16-30(17-13-28)32-23-45-38(47-32)34-21-43(58-19-8-20-59-43)24-51(34)40(53)36(26(3)4)49-42(55)57-6/h10-17,22-23,25-26,33-36H,7-9,18-21,24H2,1-6H3,(H,44,46)(H,45,47)(H,48,54)(H,49,55)/t33-,34-,35-,36-/m0/s1/i8D2,19D2,20D2. The molecule has 4 N–H and O–H groups in total. The van der Waals surface area contributed by atoms with E-state index in [1.54, 1.807) is 31.1 Å². The summed E-state index contributed by atoms with van der Waals surface area (Å²) in [7, 11) is 2.42. The van der Waals surface area contributed by atoms with E-state index in [4.69, 9.17) is 27.2 Å². The summed E-state index contributed by atoms with van der Waals surface area (Å²) in [6, 6.07) is 12.5. The molecule has 0 radical (unpaired) electrons. The van der Waals surface area contributed by atoms with Gasteiger partial charge in [0.15, 0.2) is 5.79 Å². The van der Waals surface area contributed by atoms with Crippen LogP contribution in [0.15, 0.2) is 60.9 Å². The van der Waals surface area contributed by atoms with Crippen LogP contribution in [0.2, 0.25) is 0 Å². The summed E-state index contributed by atoms with van der Waals surface area (Å²) >= 11 is 0. The number of amides is 4. The third kappa shape index (κ3) is 8.83. The third-order valence-electron chi connectivity index (χ3n) is 11.0. The summed E-state index contributed by atoms with van der Waals surface area (Å²) in [6.45, 7) is 0.922. The van der Waals surface area contributed by atoms with Crippen LogP contribution in [0.1, 0.15) is 85.3 Å². The second-order valence-corrected chi connectivity index (χ2v) is 15.6. The molecule has 59 heavy (non-hydrogen) atoms. The molecule has 3 saturated heterocycles. The number of ether oxygens (including phenoxy) is 4. The lowest BCUT2D eigenvalue weighted by molar-refractivity contribution is -0.257. The number of hydrogen-bond acceptors (Lipinski definition) is 10. The van der Waals surface area contributed by atoms with E-state index in [-0.39, 0.29) is 30.1 Å². The Labute approximate surface area is 352 Å². The van der Waals surface area contributed by atoms with E-state index in [2.05, 4.69) is 30.6 Å². The van der Waals surface area contributed by atoms with Gasteiger partial charge in [-0.1, -0.05) is 76.2 Å². The number of alkyl carbamates (subject to hydrolysis) is 2. The van der Waals surface area contributed by atoms with Crippen molar-refractivity contribution in [3.05, 3.63) is 72.6 Å². The van der Waals surface area contributed by atoms with Crippen molar-refractivity contribution in [2.45, 2.75) is 83.3 Å². The number of carbonyl (C=O) groups excluding carboxylic acids is 4. The maximum Gasteiger partial charge on any atom is 0.407 e. The first kappa shape index (κ1) is 34.2. The molecule has 3 aliphatic heterocycles. The molecule has 4 aromatic rings. The van der Waals surface area contributed by atoms with E-state index in [1.165, 1.54) is 12.0 Å². The number of hydrogen-bond donors (Lipinski definition) is 4. The first-order valence-electron chi connectivity index (χ1n) is 22.6. The Kier molecular flexibility index (Phi) is 10.2. The average Bonchev–Trinajstić information content (AvgIpc) is 4.10. The molecule has 314 valence electrons. The number of aromatic amines is 2. The molecule has 0 saturated carbocycles. The summed E-state index contributed by atoms with van der Waals surface area (Å²) in [6.07, 6.45) is -0.169. The van der Waals surface area contributed by atoms with Crippen molar-refractivity contribution >= 4 is 24.0 Å². The quantitative estimate of drug-likeness (QED) is 0.140. The maximum atomic E-state index is 14.2. The van der Waals surface area contributed by atoms with Gasteiger partial charge >= 0.3 is 12.2 Å². The summed E-state index contributed by atoms with van der Waals surface area (Å²) in [5.74, 6) is -2.58. The molecule has 2 aromatic carbocycles. The van der Waals surface area contributed by atoms with Crippen molar-refractivity contribution in [3.8, 4) is 33.6 Å². The summed E-state index contributed by atoms with van der Waals surface area (Å²) in [4.78, 5) is 71.0. The summed E-state index contributed by atoms with van der Waals surface area (Å²) in [5, 5.41) is 5.21. The summed E-state index contributed by atoms with van der Waals surface area (Å²) < 4.78 is 70.3. The number of rotatable bonds is 11. The van der Waals surface area contributed by atoms with Crippen LogP contribution in [0.25, 0.3) is 33.6 Å². The number of carbonyl (C=O) groups is 4. The van der Waals surface area contributed by atoms with Crippen molar-refractivity contribution < 1.29 is 46.4 Å². The molecular formula is C43H54N8O8. The van der Waals surface area contributed by atoms with E-state index >= 15 is 0 Å². The van der Waals surface area contributed by atoms with E-state index in [1.807, 2.05) is 62.4 Å². The van der Waals surface area contributed by atoms with Gasteiger partial charge in [-0.25, -0.2) is 19.6 Å². The largest absolute Gasteiger partial charge is 0.453 e. The third-order valence-corrected chi connectivity index (χ3v) is 11.0. The highest BCUT2D eigenvalue weighted by molar-refractivity contribution is 5.87. The van der Waals surface area contributed by atoms with Crippen LogP contribution in [-0.4, -0.2) is 112 Å². The van der Waals surface area contributed by atoms with Gasteiger partial charge in [0, 0.05) is 15.7 Å². The van der Waals surface area contributed by atoms with E-state index in [0.717, 1.165) is 47.9 Å².